The summed E-state index contributed by atoms with van der Waals surface area (Å²) in [4.78, 5) is 18.3. The minimum Gasteiger partial charge on any atom is -0.341 e. The first kappa shape index (κ1) is 15.2. The van der Waals surface area contributed by atoms with Crippen molar-refractivity contribution in [2.24, 2.45) is 0 Å². The largest absolute Gasteiger partial charge is 0.341 e. The van der Waals surface area contributed by atoms with E-state index >= 15 is 0 Å². The van der Waals surface area contributed by atoms with Gasteiger partial charge in [0, 0.05) is 32.4 Å². The van der Waals surface area contributed by atoms with Crippen LogP contribution >= 0.6 is 0 Å². The van der Waals surface area contributed by atoms with E-state index in [1.165, 1.54) is 16.3 Å². The maximum absolute atomic E-state index is 12.4. The van der Waals surface area contributed by atoms with Gasteiger partial charge < -0.3 is 4.90 Å². The molecule has 0 saturated carbocycles. The van der Waals surface area contributed by atoms with Crippen molar-refractivity contribution in [2.45, 2.75) is 19.4 Å². The molecule has 116 valence electrons. The van der Waals surface area contributed by atoms with Crippen molar-refractivity contribution in [2.75, 3.05) is 7.05 Å². The lowest BCUT2D eigenvalue weighted by Crippen LogP contribution is -2.26. The fourth-order valence-electron chi connectivity index (χ4n) is 2.76. The van der Waals surface area contributed by atoms with Gasteiger partial charge in [-0.25, -0.2) is 0 Å². The van der Waals surface area contributed by atoms with Crippen LogP contribution in [0.1, 0.15) is 17.5 Å². The Bertz CT molecular complexity index is 794. The SMILES string of the molecule is CN(Cc1cccc2ccccc12)C(=O)CCc1cccnc1. The molecule has 0 aliphatic heterocycles. The Labute approximate surface area is 136 Å². The Morgan fingerprint density at radius 2 is 1.87 bits per heavy atom. The molecule has 0 radical (unpaired) electrons. The summed E-state index contributed by atoms with van der Waals surface area (Å²) in [6.07, 6.45) is 4.80. The van der Waals surface area contributed by atoms with E-state index in [9.17, 15) is 4.79 Å². The number of carbonyl (C=O) groups is 1. The topological polar surface area (TPSA) is 33.2 Å². The summed E-state index contributed by atoms with van der Waals surface area (Å²) < 4.78 is 0. The standard InChI is InChI=1S/C20H20N2O/c1-22(20(23)12-11-16-6-5-13-21-14-16)15-18-9-4-8-17-7-2-3-10-19(17)18/h2-10,13-14H,11-12,15H2,1H3. The number of rotatable bonds is 5. The molecule has 1 aromatic heterocycles. The van der Waals surface area contributed by atoms with E-state index in [-0.39, 0.29) is 5.91 Å². The minimum absolute atomic E-state index is 0.154. The molecule has 23 heavy (non-hydrogen) atoms. The van der Waals surface area contributed by atoms with Crippen LogP contribution in [-0.4, -0.2) is 22.8 Å². The van der Waals surface area contributed by atoms with Crippen LogP contribution in [0.3, 0.4) is 0 Å². The highest BCUT2D eigenvalue weighted by Gasteiger charge is 2.11. The quantitative estimate of drug-likeness (QED) is 0.718. The Kier molecular flexibility index (Phi) is 4.67. The third-order valence-electron chi connectivity index (χ3n) is 4.06. The summed E-state index contributed by atoms with van der Waals surface area (Å²) in [5, 5.41) is 2.42. The van der Waals surface area contributed by atoms with E-state index in [4.69, 9.17) is 0 Å². The molecule has 2 aromatic carbocycles. The van der Waals surface area contributed by atoms with Crippen molar-refractivity contribution in [3.63, 3.8) is 0 Å². The second-order valence-electron chi connectivity index (χ2n) is 5.75. The fraction of sp³-hybridized carbons (Fsp3) is 0.200. The lowest BCUT2D eigenvalue weighted by molar-refractivity contribution is -0.130. The average molecular weight is 304 g/mol. The van der Waals surface area contributed by atoms with Gasteiger partial charge >= 0.3 is 0 Å². The third-order valence-corrected chi connectivity index (χ3v) is 4.06. The van der Waals surface area contributed by atoms with Crippen LogP contribution in [0.15, 0.2) is 67.0 Å². The van der Waals surface area contributed by atoms with Crippen LogP contribution in [0.25, 0.3) is 10.8 Å². The molecule has 3 aromatic rings. The first-order valence-corrected chi connectivity index (χ1v) is 7.83. The monoisotopic (exact) mass is 304 g/mol. The van der Waals surface area contributed by atoms with Crippen LogP contribution in [0, 0.1) is 0 Å². The van der Waals surface area contributed by atoms with Crippen LogP contribution in [0.2, 0.25) is 0 Å². The van der Waals surface area contributed by atoms with Crippen LogP contribution in [-0.2, 0) is 17.8 Å². The van der Waals surface area contributed by atoms with Crippen molar-refractivity contribution in [3.8, 4) is 0 Å². The maximum Gasteiger partial charge on any atom is 0.222 e. The van der Waals surface area contributed by atoms with Gasteiger partial charge in [0.15, 0.2) is 0 Å². The number of nitrogens with zero attached hydrogens (tertiary/aromatic N) is 2. The summed E-state index contributed by atoms with van der Waals surface area (Å²) in [6, 6.07) is 18.4. The van der Waals surface area contributed by atoms with Crippen molar-refractivity contribution in [1.29, 1.82) is 0 Å². The number of fused-ring (bicyclic) bond motifs is 1. The molecular weight excluding hydrogens is 284 g/mol. The second kappa shape index (κ2) is 7.05. The van der Waals surface area contributed by atoms with Crippen molar-refractivity contribution < 1.29 is 4.79 Å². The fourth-order valence-corrected chi connectivity index (χ4v) is 2.76. The van der Waals surface area contributed by atoms with Crippen LogP contribution in [0.4, 0.5) is 0 Å². The van der Waals surface area contributed by atoms with Gasteiger partial charge in [-0.15, -0.1) is 0 Å². The zero-order chi connectivity index (χ0) is 16.1. The third kappa shape index (κ3) is 3.75. The van der Waals surface area contributed by atoms with E-state index < -0.39 is 0 Å². The van der Waals surface area contributed by atoms with Crippen molar-refractivity contribution >= 4 is 16.7 Å². The summed E-state index contributed by atoms with van der Waals surface area (Å²) in [5.74, 6) is 0.154. The Balaban J connectivity index is 1.66. The molecule has 0 bridgehead atoms. The van der Waals surface area contributed by atoms with Gasteiger partial charge in [-0.2, -0.15) is 0 Å². The zero-order valence-electron chi connectivity index (χ0n) is 13.3. The van der Waals surface area contributed by atoms with E-state index in [0.717, 1.165) is 12.0 Å². The van der Waals surface area contributed by atoms with E-state index in [2.05, 4.69) is 29.2 Å². The van der Waals surface area contributed by atoms with Crippen LogP contribution in [0.5, 0.6) is 0 Å². The number of hydrogen-bond donors (Lipinski definition) is 0. The molecule has 0 saturated heterocycles. The van der Waals surface area contributed by atoms with Crippen LogP contribution < -0.4 is 0 Å². The van der Waals surface area contributed by atoms with Gasteiger partial charge in [-0.1, -0.05) is 48.5 Å². The number of aryl methyl sites for hydroxylation is 1. The van der Waals surface area contributed by atoms with Crippen molar-refractivity contribution in [1.82, 2.24) is 9.88 Å². The summed E-state index contributed by atoms with van der Waals surface area (Å²) in [5.41, 5.74) is 2.28. The smallest absolute Gasteiger partial charge is 0.222 e. The molecule has 0 fully saturated rings. The van der Waals surface area contributed by atoms with Gasteiger partial charge in [-0.3, -0.25) is 9.78 Å². The lowest BCUT2D eigenvalue weighted by atomic mass is 10.0. The van der Waals surface area contributed by atoms with E-state index in [0.29, 0.717) is 13.0 Å². The highest BCUT2D eigenvalue weighted by atomic mass is 16.2. The molecule has 0 spiro atoms. The Morgan fingerprint density at radius 3 is 2.70 bits per heavy atom. The molecule has 0 N–H and O–H groups in total. The summed E-state index contributed by atoms with van der Waals surface area (Å²) >= 11 is 0. The maximum atomic E-state index is 12.4. The number of aromatic nitrogens is 1. The molecule has 0 aliphatic carbocycles. The average Bonchev–Trinajstić information content (AvgIpc) is 2.61. The van der Waals surface area contributed by atoms with E-state index in [1.54, 1.807) is 11.1 Å². The van der Waals surface area contributed by atoms with Gasteiger partial charge in [0.25, 0.3) is 0 Å². The number of amides is 1. The Morgan fingerprint density at radius 1 is 1.04 bits per heavy atom. The highest BCUT2D eigenvalue weighted by Crippen LogP contribution is 2.20. The predicted octanol–water partition coefficient (Wildman–Crippen LogP) is 3.83. The second-order valence-corrected chi connectivity index (χ2v) is 5.75. The first-order chi connectivity index (χ1) is 11.2. The molecule has 0 unspecified atom stereocenters. The van der Waals surface area contributed by atoms with Gasteiger partial charge in [0.2, 0.25) is 5.91 Å². The number of pyridine rings is 1. The minimum atomic E-state index is 0.154. The molecular formula is C20H20N2O. The number of carbonyl (C=O) groups excluding carboxylic acids is 1. The molecule has 3 heteroatoms. The van der Waals surface area contributed by atoms with Gasteiger partial charge in [0.05, 0.1) is 0 Å². The Hall–Kier alpha value is -2.68. The van der Waals surface area contributed by atoms with Gasteiger partial charge in [-0.05, 0) is 34.4 Å². The normalized spacial score (nSPS) is 10.7. The predicted molar refractivity (Wildman–Crippen MR) is 93.0 cm³/mol. The number of benzene rings is 2. The summed E-state index contributed by atoms with van der Waals surface area (Å²) in [7, 11) is 1.87. The van der Waals surface area contributed by atoms with Crippen molar-refractivity contribution in [3.05, 3.63) is 78.1 Å². The zero-order valence-corrected chi connectivity index (χ0v) is 13.3. The molecule has 0 atom stereocenters. The molecule has 3 nitrogen and oxygen atoms in total. The molecule has 1 amide bonds. The molecule has 3 rings (SSSR count). The van der Waals surface area contributed by atoms with Gasteiger partial charge in [0.1, 0.15) is 0 Å². The first-order valence-electron chi connectivity index (χ1n) is 7.83. The highest BCUT2D eigenvalue weighted by molar-refractivity contribution is 5.86. The molecule has 1 heterocycles. The lowest BCUT2D eigenvalue weighted by Gasteiger charge is -2.18. The molecule has 0 aliphatic rings. The summed E-state index contributed by atoms with van der Waals surface area (Å²) in [6.45, 7) is 0.632. The van der Waals surface area contributed by atoms with E-state index in [1.807, 2.05) is 43.6 Å². The number of hydrogen-bond acceptors (Lipinski definition) is 2.